The van der Waals surface area contributed by atoms with Gasteiger partial charge in [0.2, 0.25) is 0 Å². The summed E-state index contributed by atoms with van der Waals surface area (Å²) in [5, 5.41) is 19.1. The van der Waals surface area contributed by atoms with Gasteiger partial charge in [0.05, 0.1) is 20.3 Å². The Bertz CT molecular complexity index is 129. The Kier molecular flexibility index (Phi) is 26.4. The fourth-order valence-electron chi connectivity index (χ4n) is 0.366. The molecule has 0 aliphatic heterocycles. The van der Waals surface area contributed by atoms with E-state index in [0.29, 0.717) is 13.1 Å². The molecule has 0 aliphatic carbocycles. The molecule has 0 amide bonds. The summed E-state index contributed by atoms with van der Waals surface area (Å²) in [5.74, 6) is -0.394. The van der Waals surface area contributed by atoms with Crippen molar-refractivity contribution in [2.75, 3.05) is 33.4 Å². The van der Waals surface area contributed by atoms with Gasteiger partial charge in [-0.25, -0.2) is 4.79 Å². The number of aliphatic hydroxyl groups excluding tert-OH is 2. The Morgan fingerprint density at radius 2 is 1.86 bits per heavy atom. The van der Waals surface area contributed by atoms with Crippen LogP contribution in [0.1, 0.15) is 0 Å². The summed E-state index contributed by atoms with van der Waals surface area (Å²) in [6.45, 7) is 4.57. The SMILES string of the molecule is C=CC(=O)OC.OCCNCCO.[NaH]. The normalized spacial score (nSPS) is 7.64. The van der Waals surface area contributed by atoms with Crippen LogP contribution in [-0.4, -0.2) is 79.2 Å². The minimum atomic E-state index is -0.394. The monoisotopic (exact) mass is 215 g/mol. The molecule has 3 N–H and O–H groups in total. The summed E-state index contributed by atoms with van der Waals surface area (Å²) in [4.78, 5) is 9.84. The van der Waals surface area contributed by atoms with Crippen LogP contribution in [0, 0.1) is 0 Å². The summed E-state index contributed by atoms with van der Waals surface area (Å²) < 4.78 is 4.14. The Hall–Kier alpha value is 0.0900. The molecule has 0 aromatic rings. The first-order valence-corrected chi connectivity index (χ1v) is 3.85. The molecule has 0 bridgehead atoms. The van der Waals surface area contributed by atoms with Gasteiger partial charge in [0, 0.05) is 19.2 Å². The second kappa shape index (κ2) is 18.8. The van der Waals surface area contributed by atoms with E-state index in [-0.39, 0.29) is 42.8 Å². The molecule has 0 saturated heterocycles. The average Bonchev–Trinajstić information content (AvgIpc) is 2.18. The quantitative estimate of drug-likeness (QED) is 0.219. The number of aliphatic hydroxyl groups is 2. The van der Waals surface area contributed by atoms with Crippen LogP contribution < -0.4 is 5.32 Å². The Morgan fingerprint density at radius 3 is 2.00 bits per heavy atom. The number of carbonyl (C=O) groups is 1. The summed E-state index contributed by atoms with van der Waals surface area (Å²) in [7, 11) is 1.31. The molecule has 6 heteroatoms. The fraction of sp³-hybridized carbons (Fsp3) is 0.625. The van der Waals surface area contributed by atoms with E-state index in [0.717, 1.165) is 6.08 Å². The molecule has 0 heterocycles. The summed E-state index contributed by atoms with van der Waals surface area (Å²) in [6.07, 6.45) is 1.11. The zero-order valence-corrected chi connectivity index (χ0v) is 7.82. The third-order valence-corrected chi connectivity index (χ3v) is 0.945. The van der Waals surface area contributed by atoms with Crippen molar-refractivity contribution in [3.05, 3.63) is 12.7 Å². The summed E-state index contributed by atoms with van der Waals surface area (Å²) >= 11 is 0. The van der Waals surface area contributed by atoms with Gasteiger partial charge in [0.15, 0.2) is 0 Å². The van der Waals surface area contributed by atoms with Gasteiger partial charge in [-0.05, 0) is 0 Å². The van der Waals surface area contributed by atoms with Crippen molar-refractivity contribution in [2.45, 2.75) is 0 Å². The Labute approximate surface area is 106 Å². The topological polar surface area (TPSA) is 78.8 Å². The molecule has 80 valence electrons. The third kappa shape index (κ3) is 22.7. The predicted molar refractivity (Wildman–Crippen MR) is 56.4 cm³/mol. The molecule has 0 rings (SSSR count). The van der Waals surface area contributed by atoms with Crippen LogP contribution in [-0.2, 0) is 9.53 Å². The van der Waals surface area contributed by atoms with Crippen LogP contribution in [0.15, 0.2) is 12.7 Å². The molecule has 0 spiro atoms. The van der Waals surface area contributed by atoms with E-state index in [1.54, 1.807) is 0 Å². The maximum atomic E-state index is 9.84. The van der Waals surface area contributed by atoms with Crippen molar-refractivity contribution >= 4 is 35.5 Å². The van der Waals surface area contributed by atoms with E-state index in [4.69, 9.17) is 10.2 Å². The molecule has 14 heavy (non-hydrogen) atoms. The van der Waals surface area contributed by atoms with Gasteiger partial charge in [-0.2, -0.15) is 0 Å². The molecule has 0 aliphatic rings. The van der Waals surface area contributed by atoms with Gasteiger partial charge in [-0.15, -0.1) is 0 Å². The molecule has 0 fully saturated rings. The molecular weight excluding hydrogens is 197 g/mol. The Balaban J connectivity index is -0.000000163. The number of hydrogen-bond donors (Lipinski definition) is 3. The van der Waals surface area contributed by atoms with Crippen LogP contribution in [0.2, 0.25) is 0 Å². The van der Waals surface area contributed by atoms with Crippen molar-refractivity contribution < 1.29 is 19.7 Å². The number of carbonyl (C=O) groups excluding carboxylic acids is 1. The summed E-state index contributed by atoms with van der Waals surface area (Å²) in [5.41, 5.74) is 0. The molecule has 0 unspecified atom stereocenters. The van der Waals surface area contributed by atoms with Crippen LogP contribution in [0.3, 0.4) is 0 Å². The second-order valence-corrected chi connectivity index (χ2v) is 1.92. The van der Waals surface area contributed by atoms with Crippen molar-refractivity contribution in [1.29, 1.82) is 0 Å². The zero-order chi connectivity index (χ0) is 10.5. The zero-order valence-electron chi connectivity index (χ0n) is 7.82. The second-order valence-electron chi connectivity index (χ2n) is 1.92. The number of hydrogen-bond acceptors (Lipinski definition) is 5. The molecule has 0 aromatic carbocycles. The van der Waals surface area contributed by atoms with Gasteiger partial charge in [0.25, 0.3) is 0 Å². The number of rotatable bonds is 5. The standard InChI is InChI=1S/C4H11NO2.C4H6O2.Na.H/c6-3-1-5-2-4-7;1-3-4(5)6-2;;/h5-7H,1-4H2;3H,1H2,2H3;;. The van der Waals surface area contributed by atoms with Crippen LogP contribution in [0.25, 0.3) is 0 Å². The number of ether oxygens (including phenoxy) is 1. The van der Waals surface area contributed by atoms with E-state index in [9.17, 15) is 4.79 Å². The van der Waals surface area contributed by atoms with Crippen molar-refractivity contribution in [3.63, 3.8) is 0 Å². The van der Waals surface area contributed by atoms with Gasteiger partial charge in [-0.1, -0.05) is 6.58 Å². The first-order chi connectivity index (χ1) is 6.22. The van der Waals surface area contributed by atoms with Crippen molar-refractivity contribution in [1.82, 2.24) is 5.32 Å². The third-order valence-electron chi connectivity index (χ3n) is 0.945. The first-order valence-electron chi connectivity index (χ1n) is 3.85. The van der Waals surface area contributed by atoms with Crippen LogP contribution in [0.5, 0.6) is 0 Å². The molecular formula is C8H18NNaO4. The number of nitrogens with one attached hydrogen (secondary N) is 1. The molecule has 0 radical (unpaired) electrons. The maximum absolute atomic E-state index is 9.84. The van der Waals surface area contributed by atoms with Crippen molar-refractivity contribution in [2.24, 2.45) is 0 Å². The van der Waals surface area contributed by atoms with Gasteiger partial charge < -0.3 is 20.3 Å². The van der Waals surface area contributed by atoms with Crippen molar-refractivity contribution in [3.8, 4) is 0 Å². The molecule has 0 saturated carbocycles. The van der Waals surface area contributed by atoms with E-state index in [2.05, 4.69) is 16.6 Å². The average molecular weight is 215 g/mol. The molecule has 0 atom stereocenters. The van der Waals surface area contributed by atoms with Crippen LogP contribution >= 0.6 is 0 Å². The first kappa shape index (κ1) is 19.6. The predicted octanol–water partition coefficient (Wildman–Crippen LogP) is -1.74. The van der Waals surface area contributed by atoms with E-state index >= 15 is 0 Å². The molecule has 0 aromatic heterocycles. The minimum absolute atomic E-state index is 0. The van der Waals surface area contributed by atoms with Crippen LogP contribution in [0.4, 0.5) is 0 Å². The van der Waals surface area contributed by atoms with E-state index < -0.39 is 5.97 Å². The van der Waals surface area contributed by atoms with Gasteiger partial charge in [0.1, 0.15) is 0 Å². The summed E-state index contributed by atoms with van der Waals surface area (Å²) in [6, 6.07) is 0. The molecule has 5 nitrogen and oxygen atoms in total. The van der Waals surface area contributed by atoms with E-state index in [1.807, 2.05) is 0 Å². The van der Waals surface area contributed by atoms with Gasteiger partial charge >= 0.3 is 35.5 Å². The number of methoxy groups -OCH3 is 1. The Morgan fingerprint density at radius 1 is 1.43 bits per heavy atom. The van der Waals surface area contributed by atoms with E-state index in [1.165, 1.54) is 7.11 Å². The van der Waals surface area contributed by atoms with Gasteiger partial charge in [-0.3, -0.25) is 0 Å². The number of esters is 1. The fourth-order valence-corrected chi connectivity index (χ4v) is 0.366.